The van der Waals surface area contributed by atoms with E-state index in [1.165, 1.54) is 12.8 Å². The molecule has 0 unspecified atom stereocenters. The Bertz CT molecular complexity index is 17.2. The fourth-order valence-electron chi connectivity index (χ4n) is 0.204. The molecule has 0 aromatic rings. The van der Waals surface area contributed by atoms with Crippen molar-refractivity contribution in [2.75, 3.05) is 6.54 Å². The van der Waals surface area contributed by atoms with E-state index in [0.29, 0.717) is 0 Å². The first-order valence-electron chi connectivity index (χ1n) is 2.12. The zero-order valence-corrected chi connectivity index (χ0v) is 3.70. The highest BCUT2D eigenvalue weighted by atomic mass is 14.5. The Hall–Kier alpha value is -0.0400. The minimum Gasteiger partial charge on any atom is -0.330 e. The average molecular weight is 77.2 g/mol. The molecular weight excluding hydrogens is 62.1 g/mol. The van der Waals surface area contributed by atoms with Crippen LogP contribution < -0.4 is 5.73 Å². The van der Waals surface area contributed by atoms with Gasteiger partial charge >= 0.3 is 0 Å². The topological polar surface area (TPSA) is 26.0 Å². The van der Waals surface area contributed by atoms with Crippen molar-refractivity contribution in [1.29, 1.82) is 0 Å². The molecule has 0 saturated carbocycles. The van der Waals surface area contributed by atoms with Gasteiger partial charge in [-0.3, -0.25) is 0 Å². The summed E-state index contributed by atoms with van der Waals surface area (Å²) in [5.74, 6) is 0. The molecule has 0 heterocycles. The van der Waals surface area contributed by atoms with E-state index in [4.69, 9.17) is 5.73 Å². The second-order valence-electron chi connectivity index (χ2n) is 1.14. The second kappa shape index (κ2) is 3.96. The molecule has 0 aromatic carbocycles. The van der Waals surface area contributed by atoms with Crippen molar-refractivity contribution in [3.05, 3.63) is 0 Å². The quantitative estimate of drug-likeness (QED) is 0.527. The molecule has 1 heteroatoms. The summed E-state index contributed by atoms with van der Waals surface area (Å²) in [6, 6.07) is 0. The van der Waals surface area contributed by atoms with E-state index in [9.17, 15) is 0 Å². The second-order valence-corrected chi connectivity index (χ2v) is 1.14. The summed E-state index contributed by atoms with van der Waals surface area (Å²) in [4.78, 5) is 0. The van der Waals surface area contributed by atoms with Crippen molar-refractivity contribution in [2.45, 2.75) is 19.8 Å². The van der Waals surface area contributed by atoms with Crippen LogP contribution in [0.1, 0.15) is 22.6 Å². The van der Waals surface area contributed by atoms with E-state index in [0.717, 1.165) is 6.54 Å². The first-order valence-corrected chi connectivity index (χ1v) is 2.12. The molecule has 0 aliphatic carbocycles. The maximum absolute atomic E-state index is 5.14. The lowest BCUT2D eigenvalue weighted by Gasteiger charge is -1.80. The minimum absolute atomic E-state index is 0. The number of hydrogen-bond acceptors (Lipinski definition) is 1. The average Bonchev–Trinajstić information content (AvgIpc) is 1.41. The van der Waals surface area contributed by atoms with Crippen LogP contribution in [0.5, 0.6) is 0 Å². The molecule has 0 aromatic heterocycles. The van der Waals surface area contributed by atoms with Gasteiger partial charge in [0.2, 0.25) is 0 Å². The van der Waals surface area contributed by atoms with Crippen molar-refractivity contribution in [3.8, 4) is 0 Å². The van der Waals surface area contributed by atoms with Gasteiger partial charge in [0.25, 0.3) is 0 Å². The molecule has 0 atom stereocenters. The highest BCUT2D eigenvalue weighted by Gasteiger charge is 1.67. The summed E-state index contributed by atoms with van der Waals surface area (Å²) in [5, 5.41) is 0. The van der Waals surface area contributed by atoms with Crippen LogP contribution in [0, 0.1) is 0 Å². The number of unbranched alkanes of at least 4 members (excludes halogenated alkanes) is 1. The van der Waals surface area contributed by atoms with E-state index in [1.807, 2.05) is 0 Å². The smallest absolute Gasteiger partial charge is 0 e. The SMILES string of the molecule is CCCCN.[HH].[HH]. The highest BCUT2D eigenvalue weighted by Crippen LogP contribution is 1.77. The standard InChI is InChI=1S/C4H11N.2H2/c1-2-3-4-5;;/h2-5H2,1H3;2*1H. The van der Waals surface area contributed by atoms with E-state index < -0.39 is 0 Å². The van der Waals surface area contributed by atoms with Crippen LogP contribution >= 0.6 is 0 Å². The van der Waals surface area contributed by atoms with E-state index in [-0.39, 0.29) is 2.85 Å². The Morgan fingerprint density at radius 3 is 2.40 bits per heavy atom. The summed E-state index contributed by atoms with van der Waals surface area (Å²) < 4.78 is 0. The molecule has 0 bridgehead atoms. The summed E-state index contributed by atoms with van der Waals surface area (Å²) in [6.07, 6.45) is 2.39. The van der Waals surface area contributed by atoms with Gasteiger partial charge in [0.05, 0.1) is 0 Å². The number of hydrogen-bond donors (Lipinski definition) is 1. The zero-order chi connectivity index (χ0) is 4.12. The van der Waals surface area contributed by atoms with E-state index in [1.54, 1.807) is 0 Å². The molecule has 0 rings (SSSR count). The molecule has 0 amide bonds. The number of rotatable bonds is 2. The van der Waals surface area contributed by atoms with Crippen LogP contribution in [-0.4, -0.2) is 6.54 Å². The molecule has 0 saturated heterocycles. The molecule has 0 aliphatic heterocycles. The lowest BCUT2D eigenvalue weighted by atomic mass is 10.3. The first kappa shape index (κ1) is 4.96. The van der Waals surface area contributed by atoms with Gasteiger partial charge in [0, 0.05) is 2.85 Å². The Labute approximate surface area is 36.1 Å². The van der Waals surface area contributed by atoms with Crippen LogP contribution in [-0.2, 0) is 0 Å². The van der Waals surface area contributed by atoms with Gasteiger partial charge in [-0.05, 0) is 13.0 Å². The fraction of sp³-hybridized carbons (Fsp3) is 1.00. The van der Waals surface area contributed by atoms with Crippen LogP contribution in [0.2, 0.25) is 0 Å². The molecule has 0 aliphatic rings. The maximum Gasteiger partial charge on any atom is 0 e. The highest BCUT2D eigenvalue weighted by molar-refractivity contribution is 4.29. The molecular formula is C4H15N. The van der Waals surface area contributed by atoms with E-state index in [2.05, 4.69) is 6.92 Å². The van der Waals surface area contributed by atoms with Crippen molar-refractivity contribution in [3.63, 3.8) is 0 Å². The van der Waals surface area contributed by atoms with Crippen molar-refractivity contribution in [1.82, 2.24) is 0 Å². The lowest BCUT2D eigenvalue weighted by molar-refractivity contribution is 0.807. The Balaban J connectivity index is -0.0000000800. The zero-order valence-electron chi connectivity index (χ0n) is 3.70. The predicted molar refractivity (Wildman–Crippen MR) is 28.2 cm³/mol. The largest absolute Gasteiger partial charge is 0.330 e. The van der Waals surface area contributed by atoms with Gasteiger partial charge in [-0.25, -0.2) is 0 Å². The third-order valence-corrected chi connectivity index (χ3v) is 0.558. The van der Waals surface area contributed by atoms with Crippen molar-refractivity contribution >= 4 is 0 Å². The molecule has 36 valence electrons. The monoisotopic (exact) mass is 77.1 g/mol. The van der Waals surface area contributed by atoms with Crippen LogP contribution in [0.15, 0.2) is 0 Å². The summed E-state index contributed by atoms with van der Waals surface area (Å²) >= 11 is 0. The van der Waals surface area contributed by atoms with Gasteiger partial charge < -0.3 is 5.73 Å². The van der Waals surface area contributed by atoms with Crippen LogP contribution in [0.3, 0.4) is 0 Å². The predicted octanol–water partition coefficient (Wildman–Crippen LogP) is 1.24. The molecule has 0 spiro atoms. The van der Waals surface area contributed by atoms with Crippen LogP contribution in [0.4, 0.5) is 0 Å². The molecule has 0 fully saturated rings. The summed E-state index contributed by atoms with van der Waals surface area (Å²) in [6.45, 7) is 2.98. The first-order chi connectivity index (χ1) is 2.41. The lowest BCUT2D eigenvalue weighted by Crippen LogP contribution is -1.95. The maximum atomic E-state index is 5.14. The molecule has 5 heavy (non-hydrogen) atoms. The Morgan fingerprint density at radius 1 is 1.80 bits per heavy atom. The Morgan fingerprint density at radius 2 is 2.40 bits per heavy atom. The third-order valence-electron chi connectivity index (χ3n) is 0.558. The third kappa shape index (κ3) is 3.96. The molecule has 1 nitrogen and oxygen atoms in total. The van der Waals surface area contributed by atoms with Crippen molar-refractivity contribution < 1.29 is 2.85 Å². The Kier molecular flexibility index (Phi) is 3.93. The normalized spacial score (nSPS) is 8.40. The molecule has 2 N–H and O–H groups in total. The minimum atomic E-state index is 0. The summed E-state index contributed by atoms with van der Waals surface area (Å²) in [5.41, 5.74) is 5.14. The van der Waals surface area contributed by atoms with Gasteiger partial charge in [0.15, 0.2) is 0 Å². The van der Waals surface area contributed by atoms with Gasteiger partial charge in [0.1, 0.15) is 0 Å². The van der Waals surface area contributed by atoms with E-state index >= 15 is 0 Å². The molecule has 0 radical (unpaired) electrons. The van der Waals surface area contributed by atoms with Gasteiger partial charge in [-0.2, -0.15) is 0 Å². The van der Waals surface area contributed by atoms with Crippen LogP contribution in [0.25, 0.3) is 0 Å². The fourth-order valence-corrected chi connectivity index (χ4v) is 0.204. The van der Waals surface area contributed by atoms with Crippen molar-refractivity contribution in [2.24, 2.45) is 5.73 Å². The van der Waals surface area contributed by atoms with Gasteiger partial charge in [-0.1, -0.05) is 13.3 Å². The number of nitrogens with two attached hydrogens (primary N) is 1. The van der Waals surface area contributed by atoms with Gasteiger partial charge in [-0.15, -0.1) is 0 Å². The summed E-state index contributed by atoms with van der Waals surface area (Å²) in [7, 11) is 0.